The number of halogens is 7. The first-order chi connectivity index (χ1) is 6.52. The van der Waals surface area contributed by atoms with Crippen molar-refractivity contribution in [3.8, 4) is 12.3 Å². The lowest BCUT2D eigenvalue weighted by Gasteiger charge is -2.31. The quantitative estimate of drug-likeness (QED) is 0.508. The van der Waals surface area contributed by atoms with Crippen LogP contribution >= 0.6 is 0 Å². The molecule has 1 saturated carbocycles. The van der Waals surface area contributed by atoms with Crippen LogP contribution in [0.1, 0.15) is 12.8 Å². The standard InChI is InChI=1S/C8H5F7/c1-2-5(3-4-5)6(9,10)7(11,12)8(13,14)15/h1H,3-4H2. The highest BCUT2D eigenvalue weighted by Crippen LogP contribution is 2.64. The molecule has 0 atom stereocenters. The second-order valence-corrected chi connectivity index (χ2v) is 3.37. The third-order valence-corrected chi connectivity index (χ3v) is 2.38. The zero-order valence-electron chi connectivity index (χ0n) is 7.14. The maximum atomic E-state index is 12.9. The van der Waals surface area contributed by atoms with Gasteiger partial charge in [0.15, 0.2) is 0 Å². The summed E-state index contributed by atoms with van der Waals surface area (Å²) in [5, 5.41) is 0. The van der Waals surface area contributed by atoms with Crippen LogP contribution in [0, 0.1) is 17.8 Å². The van der Waals surface area contributed by atoms with Crippen molar-refractivity contribution in [2.75, 3.05) is 0 Å². The third-order valence-electron chi connectivity index (χ3n) is 2.38. The van der Waals surface area contributed by atoms with Crippen molar-refractivity contribution in [2.45, 2.75) is 30.9 Å². The van der Waals surface area contributed by atoms with Crippen LogP contribution in [-0.4, -0.2) is 18.0 Å². The molecule has 86 valence electrons. The highest BCUT2D eigenvalue weighted by Gasteiger charge is 2.81. The molecule has 1 fully saturated rings. The van der Waals surface area contributed by atoms with Crippen molar-refractivity contribution < 1.29 is 30.7 Å². The van der Waals surface area contributed by atoms with Gasteiger partial charge in [0.2, 0.25) is 0 Å². The predicted octanol–water partition coefficient (Wildman–Crippen LogP) is 3.23. The summed E-state index contributed by atoms with van der Waals surface area (Å²) < 4.78 is 85.9. The van der Waals surface area contributed by atoms with Crippen LogP contribution in [0.4, 0.5) is 30.7 Å². The fraction of sp³-hybridized carbons (Fsp3) is 0.750. The van der Waals surface area contributed by atoms with Gasteiger partial charge in [-0.05, 0) is 12.8 Å². The van der Waals surface area contributed by atoms with E-state index in [1.165, 1.54) is 5.92 Å². The molecule has 1 aliphatic rings. The lowest BCUT2D eigenvalue weighted by Crippen LogP contribution is -2.56. The number of alkyl halides is 7. The van der Waals surface area contributed by atoms with Gasteiger partial charge < -0.3 is 0 Å². The van der Waals surface area contributed by atoms with Gasteiger partial charge in [-0.2, -0.15) is 30.7 Å². The highest BCUT2D eigenvalue weighted by molar-refractivity contribution is 5.24. The van der Waals surface area contributed by atoms with Crippen molar-refractivity contribution >= 4 is 0 Å². The molecule has 0 spiro atoms. The molecule has 1 aliphatic carbocycles. The van der Waals surface area contributed by atoms with E-state index in [1.807, 2.05) is 0 Å². The Morgan fingerprint density at radius 1 is 0.933 bits per heavy atom. The number of rotatable bonds is 2. The molecule has 0 aromatic heterocycles. The minimum absolute atomic E-state index is 0.526. The smallest absolute Gasteiger partial charge is 0.198 e. The molecule has 0 aromatic rings. The fourth-order valence-electron chi connectivity index (χ4n) is 1.15. The van der Waals surface area contributed by atoms with Crippen LogP contribution < -0.4 is 0 Å². The minimum Gasteiger partial charge on any atom is -0.198 e. The molecule has 0 radical (unpaired) electrons. The lowest BCUT2D eigenvalue weighted by molar-refractivity contribution is -0.365. The Kier molecular flexibility index (Phi) is 2.27. The van der Waals surface area contributed by atoms with E-state index >= 15 is 0 Å². The van der Waals surface area contributed by atoms with Crippen molar-refractivity contribution in [3.05, 3.63) is 0 Å². The predicted molar refractivity (Wildman–Crippen MR) is 36.4 cm³/mol. The number of hydrogen-bond donors (Lipinski definition) is 0. The van der Waals surface area contributed by atoms with Gasteiger partial charge in [0.05, 0.1) is 0 Å². The van der Waals surface area contributed by atoms with E-state index in [-0.39, 0.29) is 0 Å². The summed E-state index contributed by atoms with van der Waals surface area (Å²) in [5.74, 6) is -10.0. The highest BCUT2D eigenvalue weighted by atomic mass is 19.4. The SMILES string of the molecule is C#CC1(C(F)(F)C(F)(F)C(F)(F)F)CC1. The molecule has 1 rings (SSSR count). The van der Waals surface area contributed by atoms with Crippen LogP contribution in [0.25, 0.3) is 0 Å². The van der Waals surface area contributed by atoms with E-state index in [0.29, 0.717) is 0 Å². The van der Waals surface area contributed by atoms with E-state index in [0.717, 1.165) is 0 Å². The molecule has 0 unspecified atom stereocenters. The zero-order valence-corrected chi connectivity index (χ0v) is 7.14. The van der Waals surface area contributed by atoms with Crippen molar-refractivity contribution in [2.24, 2.45) is 5.41 Å². The molecule has 0 aromatic carbocycles. The van der Waals surface area contributed by atoms with Crippen molar-refractivity contribution in [3.63, 3.8) is 0 Å². The largest absolute Gasteiger partial charge is 0.459 e. The van der Waals surface area contributed by atoms with E-state index in [4.69, 9.17) is 0 Å². The van der Waals surface area contributed by atoms with Crippen LogP contribution in [0.2, 0.25) is 0 Å². The molecule has 7 heteroatoms. The Balaban J connectivity index is 3.12. The molecule has 0 saturated heterocycles. The van der Waals surface area contributed by atoms with Crippen LogP contribution in [-0.2, 0) is 0 Å². The number of terminal acetylenes is 1. The van der Waals surface area contributed by atoms with E-state index in [1.54, 1.807) is 0 Å². The first-order valence-corrected chi connectivity index (χ1v) is 3.82. The molecular formula is C8H5F7. The van der Waals surface area contributed by atoms with Crippen LogP contribution in [0.5, 0.6) is 0 Å². The van der Waals surface area contributed by atoms with Crippen LogP contribution in [0.3, 0.4) is 0 Å². The summed E-state index contributed by atoms with van der Waals surface area (Å²) in [5.41, 5.74) is -2.65. The summed E-state index contributed by atoms with van der Waals surface area (Å²) in [6.45, 7) is 0. The average Bonchev–Trinajstić information content (AvgIpc) is 2.81. The van der Waals surface area contributed by atoms with Gasteiger partial charge in [-0.25, -0.2) is 0 Å². The Morgan fingerprint density at radius 3 is 1.53 bits per heavy atom. The monoisotopic (exact) mass is 234 g/mol. The summed E-state index contributed by atoms with van der Waals surface area (Å²) in [6, 6.07) is 0. The fourth-order valence-corrected chi connectivity index (χ4v) is 1.15. The Labute approximate surface area is 80.4 Å². The molecular weight excluding hydrogens is 229 g/mol. The second-order valence-electron chi connectivity index (χ2n) is 3.37. The van der Waals surface area contributed by atoms with Gasteiger partial charge in [-0.1, -0.05) is 5.92 Å². The molecule has 0 bridgehead atoms. The normalized spacial score (nSPS) is 20.9. The molecule has 0 aliphatic heterocycles. The molecule has 0 heterocycles. The first kappa shape index (κ1) is 12.1. The zero-order chi connectivity index (χ0) is 12.1. The molecule has 0 nitrogen and oxygen atoms in total. The van der Waals surface area contributed by atoms with E-state index in [2.05, 4.69) is 6.42 Å². The third kappa shape index (κ3) is 1.38. The minimum atomic E-state index is -6.30. The second kappa shape index (κ2) is 2.80. The average molecular weight is 234 g/mol. The van der Waals surface area contributed by atoms with Crippen molar-refractivity contribution in [1.29, 1.82) is 0 Å². The van der Waals surface area contributed by atoms with Gasteiger partial charge in [0.1, 0.15) is 5.41 Å². The van der Waals surface area contributed by atoms with E-state index < -0.39 is 36.3 Å². The summed E-state index contributed by atoms with van der Waals surface area (Å²) >= 11 is 0. The Morgan fingerprint density at radius 2 is 1.33 bits per heavy atom. The Bertz CT molecular complexity index is 302. The van der Waals surface area contributed by atoms with Gasteiger partial charge in [0.25, 0.3) is 0 Å². The summed E-state index contributed by atoms with van der Waals surface area (Å²) in [4.78, 5) is 0. The summed E-state index contributed by atoms with van der Waals surface area (Å²) in [7, 11) is 0. The Hall–Kier alpha value is -0.930. The molecule has 0 N–H and O–H groups in total. The van der Waals surface area contributed by atoms with Gasteiger partial charge in [0, 0.05) is 0 Å². The topological polar surface area (TPSA) is 0 Å². The lowest BCUT2D eigenvalue weighted by atomic mass is 9.93. The maximum Gasteiger partial charge on any atom is 0.459 e. The van der Waals surface area contributed by atoms with Gasteiger partial charge >= 0.3 is 18.0 Å². The molecule has 15 heavy (non-hydrogen) atoms. The first-order valence-electron chi connectivity index (χ1n) is 3.82. The molecule has 0 amide bonds. The van der Waals surface area contributed by atoms with Crippen LogP contribution in [0.15, 0.2) is 0 Å². The van der Waals surface area contributed by atoms with Crippen molar-refractivity contribution in [1.82, 2.24) is 0 Å². The number of hydrogen-bond acceptors (Lipinski definition) is 0. The maximum absolute atomic E-state index is 12.9. The summed E-state index contributed by atoms with van der Waals surface area (Å²) in [6.07, 6.45) is -2.79. The van der Waals surface area contributed by atoms with Gasteiger partial charge in [-0.15, -0.1) is 6.42 Å². The van der Waals surface area contributed by atoms with E-state index in [9.17, 15) is 30.7 Å². The van der Waals surface area contributed by atoms with Gasteiger partial charge in [-0.3, -0.25) is 0 Å².